The third-order valence-electron chi connectivity index (χ3n) is 2.81. The summed E-state index contributed by atoms with van der Waals surface area (Å²) in [6.07, 6.45) is 0.303. The minimum Gasteiger partial charge on any atom is -0.506 e. The molecule has 0 aliphatic carbocycles. The van der Waals surface area contributed by atoms with Crippen molar-refractivity contribution in [3.63, 3.8) is 0 Å². The summed E-state index contributed by atoms with van der Waals surface area (Å²) in [5.74, 6) is -0.220. The zero-order valence-electron chi connectivity index (χ0n) is 9.90. The highest BCUT2D eigenvalue weighted by Crippen LogP contribution is 2.22. The van der Waals surface area contributed by atoms with E-state index in [4.69, 9.17) is 5.26 Å². The number of nitrogens with one attached hydrogen (secondary N) is 1. The van der Waals surface area contributed by atoms with Gasteiger partial charge in [-0.15, -0.1) is 0 Å². The van der Waals surface area contributed by atoms with Crippen molar-refractivity contribution in [2.45, 2.75) is 13.3 Å². The highest BCUT2D eigenvalue weighted by Gasteiger charge is 2.14. The van der Waals surface area contributed by atoms with Gasteiger partial charge in [-0.05, 0) is 12.5 Å². The maximum absolute atomic E-state index is 11.8. The van der Waals surface area contributed by atoms with Crippen LogP contribution in [-0.4, -0.2) is 10.1 Å². The highest BCUT2D eigenvalue weighted by molar-refractivity contribution is 5.50. The van der Waals surface area contributed by atoms with Crippen LogP contribution in [0.4, 0.5) is 0 Å². The zero-order valence-corrected chi connectivity index (χ0v) is 9.90. The number of H-pyrrole nitrogens is 1. The minimum absolute atomic E-state index is 0.125. The molecule has 0 fully saturated rings. The molecule has 1 heterocycles. The van der Waals surface area contributed by atoms with Gasteiger partial charge in [-0.1, -0.05) is 30.3 Å². The Bertz CT molecular complexity index is 667. The van der Waals surface area contributed by atoms with Crippen molar-refractivity contribution in [1.82, 2.24) is 4.98 Å². The van der Waals surface area contributed by atoms with Crippen molar-refractivity contribution < 1.29 is 5.11 Å². The summed E-state index contributed by atoms with van der Waals surface area (Å²) in [5, 5.41) is 18.9. The van der Waals surface area contributed by atoms with Gasteiger partial charge in [0, 0.05) is 12.1 Å². The topological polar surface area (TPSA) is 76.9 Å². The maximum Gasteiger partial charge on any atom is 0.255 e. The number of pyridine rings is 1. The van der Waals surface area contributed by atoms with Crippen molar-refractivity contribution >= 4 is 0 Å². The molecule has 0 amide bonds. The van der Waals surface area contributed by atoms with E-state index in [0.29, 0.717) is 12.1 Å². The standard InChI is InChI=1S/C14H12N2O2/c1-9-12(8-15)13(17)11(14(18)16-9)7-10-5-3-2-4-6-10/h2-6H,7H2,1H3,(H2,16,17,18). The Hall–Kier alpha value is -2.54. The Morgan fingerprint density at radius 3 is 2.61 bits per heavy atom. The number of benzene rings is 1. The highest BCUT2D eigenvalue weighted by atomic mass is 16.3. The van der Waals surface area contributed by atoms with E-state index in [1.54, 1.807) is 6.92 Å². The van der Waals surface area contributed by atoms with Gasteiger partial charge in [-0.3, -0.25) is 4.79 Å². The summed E-state index contributed by atoms with van der Waals surface area (Å²) in [7, 11) is 0. The molecule has 0 atom stereocenters. The number of nitrogens with zero attached hydrogens (tertiary/aromatic N) is 1. The van der Waals surface area contributed by atoms with Crippen LogP contribution >= 0.6 is 0 Å². The third-order valence-corrected chi connectivity index (χ3v) is 2.81. The first kappa shape index (κ1) is 11.9. The van der Waals surface area contributed by atoms with Gasteiger partial charge in [-0.25, -0.2) is 0 Å². The van der Waals surface area contributed by atoms with Crippen LogP contribution in [0.5, 0.6) is 5.75 Å². The van der Waals surface area contributed by atoms with Crippen LogP contribution in [0, 0.1) is 18.3 Å². The molecule has 0 saturated carbocycles. The van der Waals surface area contributed by atoms with Crippen LogP contribution in [0.15, 0.2) is 35.1 Å². The fourth-order valence-electron chi connectivity index (χ4n) is 1.85. The molecule has 0 saturated heterocycles. The molecule has 2 rings (SSSR count). The monoisotopic (exact) mass is 240 g/mol. The predicted molar refractivity (Wildman–Crippen MR) is 67.4 cm³/mol. The van der Waals surface area contributed by atoms with Crippen LogP contribution < -0.4 is 5.56 Å². The third kappa shape index (κ3) is 2.11. The second-order valence-corrected chi connectivity index (χ2v) is 4.06. The lowest BCUT2D eigenvalue weighted by Crippen LogP contribution is -2.15. The van der Waals surface area contributed by atoms with Crippen LogP contribution in [0.3, 0.4) is 0 Å². The minimum atomic E-state index is -0.354. The molecule has 18 heavy (non-hydrogen) atoms. The first-order valence-electron chi connectivity index (χ1n) is 5.52. The number of aromatic nitrogens is 1. The van der Waals surface area contributed by atoms with E-state index >= 15 is 0 Å². The average molecular weight is 240 g/mol. The molecule has 90 valence electrons. The Labute approximate surface area is 104 Å². The lowest BCUT2D eigenvalue weighted by Gasteiger charge is -2.07. The summed E-state index contributed by atoms with van der Waals surface area (Å²) >= 11 is 0. The fraction of sp³-hybridized carbons (Fsp3) is 0.143. The van der Waals surface area contributed by atoms with E-state index in [2.05, 4.69) is 4.98 Å². The first-order valence-corrected chi connectivity index (χ1v) is 5.52. The number of rotatable bonds is 2. The molecule has 1 aromatic carbocycles. The van der Waals surface area contributed by atoms with Crippen LogP contribution in [0.25, 0.3) is 0 Å². The number of hydrogen-bond donors (Lipinski definition) is 2. The Kier molecular flexibility index (Phi) is 3.16. The number of nitriles is 1. The molecular weight excluding hydrogens is 228 g/mol. The molecule has 0 spiro atoms. The molecule has 4 heteroatoms. The van der Waals surface area contributed by atoms with Gasteiger partial charge < -0.3 is 10.1 Å². The molecule has 0 aliphatic rings. The Balaban J connectivity index is 2.53. The molecule has 0 bridgehead atoms. The molecular formula is C14H12N2O2. The van der Waals surface area contributed by atoms with Gasteiger partial charge in [-0.2, -0.15) is 5.26 Å². The number of hydrogen-bond acceptors (Lipinski definition) is 3. The fourth-order valence-corrected chi connectivity index (χ4v) is 1.85. The summed E-state index contributed by atoms with van der Waals surface area (Å²) in [5.41, 5.74) is 1.29. The van der Waals surface area contributed by atoms with Crippen molar-refractivity contribution in [2.24, 2.45) is 0 Å². The van der Waals surface area contributed by atoms with Gasteiger partial charge in [0.15, 0.2) is 0 Å². The zero-order chi connectivity index (χ0) is 13.1. The van der Waals surface area contributed by atoms with Crippen LogP contribution in [-0.2, 0) is 6.42 Å². The molecule has 0 unspecified atom stereocenters. The number of aromatic amines is 1. The summed E-state index contributed by atoms with van der Waals surface area (Å²) in [6.45, 7) is 1.59. The van der Waals surface area contributed by atoms with Gasteiger partial charge in [0.1, 0.15) is 17.4 Å². The van der Waals surface area contributed by atoms with Gasteiger partial charge in [0.05, 0.1) is 5.56 Å². The normalized spacial score (nSPS) is 10.0. The molecule has 4 nitrogen and oxygen atoms in total. The lowest BCUT2D eigenvalue weighted by molar-refractivity contribution is 0.464. The summed E-state index contributed by atoms with van der Waals surface area (Å²) in [6, 6.07) is 11.2. The van der Waals surface area contributed by atoms with E-state index < -0.39 is 0 Å². The summed E-state index contributed by atoms with van der Waals surface area (Å²) in [4.78, 5) is 14.4. The number of aryl methyl sites for hydroxylation is 1. The maximum atomic E-state index is 11.8. The number of aromatic hydroxyl groups is 1. The Morgan fingerprint density at radius 1 is 1.33 bits per heavy atom. The second kappa shape index (κ2) is 4.76. The molecule has 1 aromatic heterocycles. The Morgan fingerprint density at radius 2 is 2.00 bits per heavy atom. The molecule has 0 radical (unpaired) electrons. The van der Waals surface area contributed by atoms with E-state index in [-0.39, 0.29) is 22.4 Å². The van der Waals surface area contributed by atoms with Crippen LogP contribution in [0.1, 0.15) is 22.4 Å². The van der Waals surface area contributed by atoms with E-state index in [1.165, 1.54) is 0 Å². The van der Waals surface area contributed by atoms with Gasteiger partial charge >= 0.3 is 0 Å². The van der Waals surface area contributed by atoms with Crippen molar-refractivity contribution in [2.75, 3.05) is 0 Å². The van der Waals surface area contributed by atoms with Gasteiger partial charge in [0.2, 0.25) is 0 Å². The largest absolute Gasteiger partial charge is 0.506 e. The first-order chi connectivity index (χ1) is 8.63. The van der Waals surface area contributed by atoms with E-state index in [0.717, 1.165) is 5.56 Å². The van der Waals surface area contributed by atoms with Crippen molar-refractivity contribution in [3.8, 4) is 11.8 Å². The second-order valence-electron chi connectivity index (χ2n) is 4.06. The predicted octanol–water partition coefficient (Wildman–Crippen LogP) is 1.85. The quantitative estimate of drug-likeness (QED) is 0.841. The summed E-state index contributed by atoms with van der Waals surface area (Å²) < 4.78 is 0. The van der Waals surface area contributed by atoms with E-state index in [9.17, 15) is 9.90 Å². The molecule has 0 aliphatic heterocycles. The van der Waals surface area contributed by atoms with Gasteiger partial charge in [0.25, 0.3) is 5.56 Å². The van der Waals surface area contributed by atoms with Crippen LogP contribution in [0.2, 0.25) is 0 Å². The van der Waals surface area contributed by atoms with E-state index in [1.807, 2.05) is 36.4 Å². The SMILES string of the molecule is Cc1[nH]c(=O)c(Cc2ccccc2)c(O)c1C#N. The molecule has 2 aromatic rings. The van der Waals surface area contributed by atoms with Crippen molar-refractivity contribution in [3.05, 3.63) is 63.1 Å². The average Bonchev–Trinajstić information content (AvgIpc) is 2.36. The van der Waals surface area contributed by atoms with Crippen molar-refractivity contribution in [1.29, 1.82) is 5.26 Å². The lowest BCUT2D eigenvalue weighted by atomic mass is 10.0. The molecule has 2 N–H and O–H groups in total. The smallest absolute Gasteiger partial charge is 0.255 e.